The number of carbonyl (C=O) groups is 1. The lowest BCUT2D eigenvalue weighted by Crippen LogP contribution is -2.31. The number of fused-ring (bicyclic) bond motifs is 1. The minimum Gasteiger partial charge on any atom is -0.486 e. The third kappa shape index (κ3) is 2.21. The van der Waals surface area contributed by atoms with E-state index in [-0.39, 0.29) is 6.42 Å². The molecule has 0 aliphatic carbocycles. The van der Waals surface area contributed by atoms with Crippen molar-refractivity contribution in [2.75, 3.05) is 6.61 Å². The first-order valence-corrected chi connectivity index (χ1v) is 4.77. The van der Waals surface area contributed by atoms with E-state index in [0.29, 0.717) is 18.1 Å². The number of rotatable bonds is 2. The molecule has 0 fully saturated rings. The monoisotopic (exact) mass is 208 g/mol. The van der Waals surface area contributed by atoms with Crippen molar-refractivity contribution in [3.63, 3.8) is 0 Å². The number of carboxylic acid groups (broad SMARTS) is 1. The number of aryl methyl sites for hydroxylation is 1. The second-order valence-electron chi connectivity index (χ2n) is 3.60. The molecule has 1 atom stereocenters. The van der Waals surface area contributed by atoms with Crippen LogP contribution in [0.15, 0.2) is 18.2 Å². The quantitative estimate of drug-likeness (QED) is 0.802. The van der Waals surface area contributed by atoms with E-state index in [1.807, 2.05) is 25.1 Å². The lowest BCUT2D eigenvalue weighted by atomic mass is 10.2. The van der Waals surface area contributed by atoms with Crippen LogP contribution in [0.2, 0.25) is 0 Å². The lowest BCUT2D eigenvalue weighted by Gasteiger charge is -2.25. The summed E-state index contributed by atoms with van der Waals surface area (Å²) in [5.41, 5.74) is 1.06. The SMILES string of the molecule is Cc1ccc2c(c1)OC(CC(=O)O)CO2. The van der Waals surface area contributed by atoms with Crippen molar-refractivity contribution in [2.45, 2.75) is 19.4 Å². The van der Waals surface area contributed by atoms with E-state index < -0.39 is 12.1 Å². The lowest BCUT2D eigenvalue weighted by molar-refractivity contribution is -0.139. The van der Waals surface area contributed by atoms with Crippen LogP contribution in [-0.2, 0) is 4.79 Å². The maximum atomic E-state index is 10.5. The van der Waals surface area contributed by atoms with Crippen molar-refractivity contribution in [1.29, 1.82) is 0 Å². The Labute approximate surface area is 87.4 Å². The third-order valence-corrected chi connectivity index (χ3v) is 2.22. The summed E-state index contributed by atoms with van der Waals surface area (Å²) in [5.74, 6) is 0.439. The van der Waals surface area contributed by atoms with Gasteiger partial charge in [-0.05, 0) is 24.6 Å². The van der Waals surface area contributed by atoms with Crippen molar-refractivity contribution in [3.05, 3.63) is 23.8 Å². The molecule has 0 bridgehead atoms. The van der Waals surface area contributed by atoms with Gasteiger partial charge >= 0.3 is 5.97 Å². The fourth-order valence-electron chi connectivity index (χ4n) is 1.52. The zero-order chi connectivity index (χ0) is 10.8. The van der Waals surface area contributed by atoms with Crippen LogP contribution in [0.25, 0.3) is 0 Å². The molecule has 80 valence electrons. The molecule has 0 aromatic heterocycles. The minimum atomic E-state index is -0.875. The number of carboxylic acids is 1. The second kappa shape index (κ2) is 3.81. The van der Waals surface area contributed by atoms with E-state index in [9.17, 15) is 4.79 Å². The van der Waals surface area contributed by atoms with E-state index >= 15 is 0 Å². The Kier molecular flexibility index (Phi) is 2.49. The van der Waals surface area contributed by atoms with Crippen LogP contribution < -0.4 is 9.47 Å². The van der Waals surface area contributed by atoms with Crippen LogP contribution >= 0.6 is 0 Å². The molecule has 1 heterocycles. The topological polar surface area (TPSA) is 55.8 Å². The Bertz CT molecular complexity index is 386. The number of aliphatic carboxylic acids is 1. The summed E-state index contributed by atoms with van der Waals surface area (Å²) < 4.78 is 10.9. The fraction of sp³-hybridized carbons (Fsp3) is 0.364. The van der Waals surface area contributed by atoms with E-state index in [2.05, 4.69) is 0 Å². The van der Waals surface area contributed by atoms with Crippen LogP contribution in [-0.4, -0.2) is 23.8 Å². The highest BCUT2D eigenvalue weighted by Gasteiger charge is 2.23. The highest BCUT2D eigenvalue weighted by atomic mass is 16.6. The van der Waals surface area contributed by atoms with Crippen molar-refractivity contribution < 1.29 is 19.4 Å². The van der Waals surface area contributed by atoms with Gasteiger partial charge in [-0.2, -0.15) is 0 Å². The highest BCUT2D eigenvalue weighted by Crippen LogP contribution is 2.32. The molecule has 0 saturated carbocycles. The van der Waals surface area contributed by atoms with Gasteiger partial charge in [-0.15, -0.1) is 0 Å². The highest BCUT2D eigenvalue weighted by molar-refractivity contribution is 5.67. The Hall–Kier alpha value is -1.71. The van der Waals surface area contributed by atoms with Gasteiger partial charge in [0.15, 0.2) is 11.5 Å². The average molecular weight is 208 g/mol. The first kappa shape index (κ1) is 9.83. The summed E-state index contributed by atoms with van der Waals surface area (Å²) in [4.78, 5) is 10.5. The molecule has 1 aromatic carbocycles. The van der Waals surface area contributed by atoms with Crippen LogP contribution in [0.1, 0.15) is 12.0 Å². The smallest absolute Gasteiger partial charge is 0.307 e. The second-order valence-corrected chi connectivity index (χ2v) is 3.60. The predicted molar refractivity (Wildman–Crippen MR) is 53.3 cm³/mol. The molecule has 0 spiro atoms. The van der Waals surface area contributed by atoms with Crippen molar-refractivity contribution in [1.82, 2.24) is 0 Å². The summed E-state index contributed by atoms with van der Waals surface area (Å²) in [5, 5.41) is 8.63. The van der Waals surface area contributed by atoms with Gasteiger partial charge in [-0.3, -0.25) is 4.79 Å². The van der Waals surface area contributed by atoms with Crippen molar-refractivity contribution in [2.24, 2.45) is 0 Å². The summed E-state index contributed by atoms with van der Waals surface area (Å²) in [6.07, 6.45) is -0.426. The van der Waals surface area contributed by atoms with Gasteiger partial charge in [0.1, 0.15) is 12.7 Å². The van der Waals surface area contributed by atoms with Gasteiger partial charge in [-0.1, -0.05) is 6.07 Å². The zero-order valence-corrected chi connectivity index (χ0v) is 8.40. The Morgan fingerprint density at radius 1 is 1.53 bits per heavy atom. The molecule has 4 heteroatoms. The van der Waals surface area contributed by atoms with E-state index in [4.69, 9.17) is 14.6 Å². The maximum absolute atomic E-state index is 10.5. The standard InChI is InChI=1S/C11H12O4/c1-7-2-3-9-10(4-7)15-8(6-14-9)5-11(12)13/h2-4,8H,5-6H2,1H3,(H,12,13). The third-order valence-electron chi connectivity index (χ3n) is 2.22. The van der Waals surface area contributed by atoms with E-state index in [1.165, 1.54) is 0 Å². The molecule has 15 heavy (non-hydrogen) atoms. The Balaban J connectivity index is 2.14. The molecule has 0 amide bonds. The Morgan fingerprint density at radius 2 is 2.33 bits per heavy atom. The fourth-order valence-corrected chi connectivity index (χ4v) is 1.52. The van der Waals surface area contributed by atoms with Crippen LogP contribution in [0, 0.1) is 6.92 Å². The van der Waals surface area contributed by atoms with Gasteiger partial charge < -0.3 is 14.6 Å². The maximum Gasteiger partial charge on any atom is 0.307 e. The molecule has 1 aliphatic heterocycles. The molecule has 0 saturated heterocycles. The van der Waals surface area contributed by atoms with Crippen molar-refractivity contribution in [3.8, 4) is 11.5 Å². The molecule has 1 unspecified atom stereocenters. The molecule has 4 nitrogen and oxygen atoms in total. The summed E-state index contributed by atoms with van der Waals surface area (Å²) in [6, 6.07) is 5.62. The first-order chi connectivity index (χ1) is 7.15. The van der Waals surface area contributed by atoms with Crippen LogP contribution in [0.3, 0.4) is 0 Å². The van der Waals surface area contributed by atoms with Gasteiger partial charge in [0.25, 0.3) is 0 Å². The normalized spacial score (nSPS) is 18.6. The van der Waals surface area contributed by atoms with Gasteiger partial charge in [0.2, 0.25) is 0 Å². The minimum absolute atomic E-state index is 0.0343. The first-order valence-electron chi connectivity index (χ1n) is 4.77. The summed E-state index contributed by atoms with van der Waals surface area (Å²) in [6.45, 7) is 2.24. The average Bonchev–Trinajstić information content (AvgIpc) is 2.16. The summed E-state index contributed by atoms with van der Waals surface area (Å²) >= 11 is 0. The van der Waals surface area contributed by atoms with E-state index in [0.717, 1.165) is 5.56 Å². The molecule has 2 rings (SSSR count). The van der Waals surface area contributed by atoms with Crippen LogP contribution in [0.5, 0.6) is 11.5 Å². The molecule has 0 radical (unpaired) electrons. The molecular weight excluding hydrogens is 196 g/mol. The Morgan fingerprint density at radius 3 is 3.07 bits per heavy atom. The largest absolute Gasteiger partial charge is 0.486 e. The predicted octanol–water partition coefficient (Wildman–Crippen LogP) is 1.61. The van der Waals surface area contributed by atoms with Gasteiger partial charge in [-0.25, -0.2) is 0 Å². The zero-order valence-electron chi connectivity index (χ0n) is 8.40. The number of hydrogen-bond donors (Lipinski definition) is 1. The molecule has 1 aromatic rings. The van der Waals surface area contributed by atoms with Crippen LogP contribution in [0.4, 0.5) is 0 Å². The summed E-state index contributed by atoms with van der Waals surface area (Å²) in [7, 11) is 0. The number of benzene rings is 1. The molecule has 1 N–H and O–H groups in total. The number of hydrogen-bond acceptors (Lipinski definition) is 3. The van der Waals surface area contributed by atoms with Gasteiger partial charge in [0, 0.05) is 0 Å². The number of ether oxygens (including phenoxy) is 2. The van der Waals surface area contributed by atoms with E-state index in [1.54, 1.807) is 0 Å². The van der Waals surface area contributed by atoms with Crippen molar-refractivity contribution >= 4 is 5.97 Å². The van der Waals surface area contributed by atoms with Gasteiger partial charge in [0.05, 0.1) is 6.42 Å². The molecule has 1 aliphatic rings. The molecular formula is C11H12O4.